The van der Waals surface area contributed by atoms with Crippen LogP contribution in [0.25, 0.3) is 0 Å². The van der Waals surface area contributed by atoms with Crippen molar-refractivity contribution in [3.05, 3.63) is 17.7 Å². The average Bonchev–Trinajstić information content (AvgIpc) is 2.60. The summed E-state index contributed by atoms with van der Waals surface area (Å²) in [6.45, 7) is 5.84. The van der Waals surface area contributed by atoms with Crippen molar-refractivity contribution in [3.63, 3.8) is 0 Å². The Hall–Kier alpha value is -1.95. The summed E-state index contributed by atoms with van der Waals surface area (Å²) in [5.41, 5.74) is 17.0. The molecule has 1 aromatic rings. The zero-order valence-electron chi connectivity index (χ0n) is 15.8. The van der Waals surface area contributed by atoms with Gasteiger partial charge in [-0.15, -0.1) is 0 Å². The third-order valence-corrected chi connectivity index (χ3v) is 3.80. The number of anilines is 2. The summed E-state index contributed by atoms with van der Waals surface area (Å²) >= 11 is 0. The van der Waals surface area contributed by atoms with Crippen molar-refractivity contribution in [2.45, 2.75) is 65.2 Å². The van der Waals surface area contributed by atoms with Crippen molar-refractivity contribution < 1.29 is 9.90 Å². The van der Waals surface area contributed by atoms with Gasteiger partial charge in [-0.3, -0.25) is 4.79 Å². The Labute approximate surface area is 152 Å². The minimum Gasteiger partial charge on any atom is -0.504 e. The number of aromatic hydroxyl groups is 1. The fraction of sp³-hybridized carbons (Fsp3) is 0.632. The number of nitrogens with two attached hydrogens (primary N) is 3. The molecule has 0 aliphatic heterocycles. The van der Waals surface area contributed by atoms with Crippen LogP contribution in [0.1, 0.15) is 75.6 Å². The van der Waals surface area contributed by atoms with Gasteiger partial charge >= 0.3 is 0 Å². The molecule has 0 aliphatic carbocycles. The van der Waals surface area contributed by atoms with E-state index in [9.17, 15) is 9.90 Å². The Balaban J connectivity index is 0.000000697. The highest BCUT2D eigenvalue weighted by Gasteiger charge is 2.10. The Bertz CT molecular complexity index is 465. The molecule has 6 nitrogen and oxygen atoms in total. The van der Waals surface area contributed by atoms with Crippen LogP contribution in [0.2, 0.25) is 0 Å². The molecule has 0 unspecified atom stereocenters. The second-order valence-electron chi connectivity index (χ2n) is 6.17. The number of hydrogen-bond donors (Lipinski definition) is 5. The molecule has 0 aliphatic rings. The lowest BCUT2D eigenvalue weighted by Crippen LogP contribution is -2.24. The van der Waals surface area contributed by atoms with Crippen LogP contribution in [0.3, 0.4) is 0 Å². The Kier molecular flexibility index (Phi) is 13.3. The number of phenols is 1. The molecule has 0 saturated carbocycles. The van der Waals surface area contributed by atoms with Gasteiger partial charge in [-0.2, -0.15) is 0 Å². The number of hydrogen-bond acceptors (Lipinski definition) is 5. The number of nitrogens with one attached hydrogen (secondary N) is 1. The topological polar surface area (TPSA) is 127 Å². The zero-order valence-corrected chi connectivity index (χ0v) is 15.8. The predicted octanol–water partition coefficient (Wildman–Crippen LogP) is 3.39. The summed E-state index contributed by atoms with van der Waals surface area (Å²) < 4.78 is 0. The van der Waals surface area contributed by atoms with E-state index in [1.807, 2.05) is 0 Å². The maximum absolute atomic E-state index is 11.8. The minimum absolute atomic E-state index is 0.117. The monoisotopic (exact) mass is 352 g/mol. The van der Waals surface area contributed by atoms with E-state index in [2.05, 4.69) is 19.2 Å². The standard InChI is InChI=1S/C13H21N3O2.C6H15N/c1-2-3-4-5-6-16-13(18)9-7-10(14)12(17)11(15)8-9;1-2-3-4-5-6-7/h7-8,17H,2-6,14-15H2,1H3,(H,16,18);2-7H2,1H3. The molecule has 0 heterocycles. The van der Waals surface area contributed by atoms with E-state index in [1.54, 1.807) is 0 Å². The zero-order chi connectivity index (χ0) is 19.1. The molecule has 0 spiro atoms. The molecule has 0 fully saturated rings. The number of carbonyl (C=O) groups is 1. The molecule has 25 heavy (non-hydrogen) atoms. The summed E-state index contributed by atoms with van der Waals surface area (Å²) in [5.74, 6) is -0.389. The fourth-order valence-electron chi connectivity index (χ4n) is 2.24. The average molecular weight is 353 g/mol. The highest BCUT2D eigenvalue weighted by atomic mass is 16.3. The molecule has 8 N–H and O–H groups in total. The van der Waals surface area contributed by atoms with E-state index in [0.717, 1.165) is 19.4 Å². The Morgan fingerprint density at radius 2 is 1.48 bits per heavy atom. The van der Waals surface area contributed by atoms with Gasteiger partial charge in [0.1, 0.15) is 0 Å². The normalized spacial score (nSPS) is 10.0. The van der Waals surface area contributed by atoms with Crippen LogP contribution in [0.15, 0.2) is 12.1 Å². The molecule has 144 valence electrons. The van der Waals surface area contributed by atoms with Crippen LogP contribution >= 0.6 is 0 Å². The predicted molar refractivity (Wildman–Crippen MR) is 107 cm³/mol. The van der Waals surface area contributed by atoms with Gasteiger partial charge in [-0.25, -0.2) is 0 Å². The minimum atomic E-state index is -0.218. The molecule has 0 atom stereocenters. The fourth-order valence-corrected chi connectivity index (χ4v) is 2.24. The van der Waals surface area contributed by atoms with E-state index in [4.69, 9.17) is 17.2 Å². The number of amides is 1. The van der Waals surface area contributed by atoms with Crippen LogP contribution in [0.5, 0.6) is 5.75 Å². The van der Waals surface area contributed by atoms with Crippen molar-refractivity contribution in [3.8, 4) is 5.75 Å². The van der Waals surface area contributed by atoms with Crippen LogP contribution in [0, 0.1) is 0 Å². The SMILES string of the molecule is CCCCCCN.CCCCCCNC(=O)c1cc(N)c(O)c(N)c1. The van der Waals surface area contributed by atoms with E-state index in [0.29, 0.717) is 12.1 Å². The molecular formula is C19H36N4O2. The van der Waals surface area contributed by atoms with Gasteiger partial charge in [0.05, 0.1) is 11.4 Å². The van der Waals surface area contributed by atoms with E-state index in [1.165, 1.54) is 50.7 Å². The molecule has 1 amide bonds. The Morgan fingerprint density at radius 3 is 1.96 bits per heavy atom. The van der Waals surface area contributed by atoms with Gasteiger partial charge in [-0.1, -0.05) is 52.4 Å². The third kappa shape index (κ3) is 10.5. The first-order valence-electron chi connectivity index (χ1n) is 9.34. The van der Waals surface area contributed by atoms with Gasteiger partial charge in [-0.05, 0) is 31.5 Å². The second kappa shape index (κ2) is 14.4. The highest BCUT2D eigenvalue weighted by molar-refractivity contribution is 5.97. The number of carbonyl (C=O) groups excluding carboxylic acids is 1. The van der Waals surface area contributed by atoms with Gasteiger partial charge < -0.3 is 27.6 Å². The van der Waals surface area contributed by atoms with Crippen molar-refractivity contribution >= 4 is 17.3 Å². The van der Waals surface area contributed by atoms with Crippen molar-refractivity contribution in [1.29, 1.82) is 0 Å². The van der Waals surface area contributed by atoms with E-state index < -0.39 is 0 Å². The van der Waals surface area contributed by atoms with Crippen LogP contribution in [0.4, 0.5) is 11.4 Å². The first-order valence-corrected chi connectivity index (χ1v) is 9.34. The molecule has 0 saturated heterocycles. The van der Waals surface area contributed by atoms with Gasteiger partial charge in [0.25, 0.3) is 5.91 Å². The number of unbranched alkanes of at least 4 members (excludes halogenated alkanes) is 6. The highest BCUT2D eigenvalue weighted by Crippen LogP contribution is 2.28. The maximum atomic E-state index is 11.8. The summed E-state index contributed by atoms with van der Waals surface area (Å²) in [7, 11) is 0. The number of phenolic OH excluding ortho intramolecular Hbond substituents is 1. The lowest BCUT2D eigenvalue weighted by atomic mass is 10.1. The smallest absolute Gasteiger partial charge is 0.251 e. The van der Waals surface area contributed by atoms with E-state index in [-0.39, 0.29) is 23.0 Å². The largest absolute Gasteiger partial charge is 0.504 e. The molecule has 1 rings (SSSR count). The summed E-state index contributed by atoms with van der Waals surface area (Å²) in [6.07, 6.45) is 9.57. The number of benzene rings is 1. The molecular weight excluding hydrogens is 316 g/mol. The van der Waals surface area contributed by atoms with Gasteiger partial charge in [0.2, 0.25) is 0 Å². The second-order valence-corrected chi connectivity index (χ2v) is 6.17. The summed E-state index contributed by atoms with van der Waals surface area (Å²) in [4.78, 5) is 11.8. The Morgan fingerprint density at radius 1 is 0.960 bits per heavy atom. The lowest BCUT2D eigenvalue weighted by Gasteiger charge is -2.08. The van der Waals surface area contributed by atoms with Gasteiger partial charge in [0.15, 0.2) is 5.75 Å². The van der Waals surface area contributed by atoms with Crippen LogP contribution in [-0.2, 0) is 0 Å². The number of nitrogen functional groups attached to an aromatic ring is 2. The van der Waals surface area contributed by atoms with Crippen molar-refractivity contribution in [2.24, 2.45) is 5.73 Å². The van der Waals surface area contributed by atoms with Crippen LogP contribution < -0.4 is 22.5 Å². The van der Waals surface area contributed by atoms with E-state index >= 15 is 0 Å². The third-order valence-electron chi connectivity index (χ3n) is 3.80. The van der Waals surface area contributed by atoms with Crippen molar-refractivity contribution in [1.82, 2.24) is 5.32 Å². The summed E-state index contributed by atoms with van der Waals surface area (Å²) in [5, 5.41) is 12.2. The first-order chi connectivity index (χ1) is 12.0. The van der Waals surface area contributed by atoms with Crippen molar-refractivity contribution in [2.75, 3.05) is 24.6 Å². The molecule has 0 bridgehead atoms. The first kappa shape index (κ1) is 23.1. The molecule has 0 aromatic heterocycles. The van der Waals surface area contributed by atoms with Crippen LogP contribution in [-0.4, -0.2) is 24.1 Å². The molecule has 0 radical (unpaired) electrons. The molecule has 6 heteroatoms. The quantitative estimate of drug-likeness (QED) is 0.250. The summed E-state index contributed by atoms with van der Waals surface area (Å²) in [6, 6.07) is 2.85. The van der Waals surface area contributed by atoms with Gasteiger partial charge in [0, 0.05) is 12.1 Å². The maximum Gasteiger partial charge on any atom is 0.251 e. The lowest BCUT2D eigenvalue weighted by molar-refractivity contribution is 0.0953. The molecule has 1 aromatic carbocycles. The number of rotatable bonds is 10.